The van der Waals surface area contributed by atoms with Crippen molar-refractivity contribution in [3.8, 4) is 0 Å². The number of urea groups is 1. The van der Waals surface area contributed by atoms with Gasteiger partial charge in [-0.25, -0.2) is 4.79 Å². The third-order valence-corrected chi connectivity index (χ3v) is 5.98. The van der Waals surface area contributed by atoms with Crippen LogP contribution in [-0.4, -0.2) is 55.4 Å². The maximum Gasteiger partial charge on any atom is 0.322 e. The van der Waals surface area contributed by atoms with Crippen LogP contribution in [0.25, 0.3) is 0 Å². The molecule has 0 radical (unpaired) electrons. The van der Waals surface area contributed by atoms with Crippen LogP contribution in [0.3, 0.4) is 0 Å². The van der Waals surface area contributed by atoms with Crippen LogP contribution in [0.1, 0.15) is 28.8 Å². The summed E-state index contributed by atoms with van der Waals surface area (Å²) in [4.78, 5) is 26.4. The number of rotatable bonds is 3. The number of carbonyl (C=O) groups excluding carboxylic acids is 2. The Morgan fingerprint density at radius 3 is 2.70 bits per heavy atom. The van der Waals surface area contributed by atoms with Gasteiger partial charge in [0, 0.05) is 24.3 Å². The highest BCUT2D eigenvalue weighted by atomic mass is 35.5. The molecule has 8 heteroatoms. The molecule has 2 heterocycles. The molecule has 3 fully saturated rings. The highest BCUT2D eigenvalue weighted by molar-refractivity contribution is 5.99. The van der Waals surface area contributed by atoms with Gasteiger partial charge in [-0.15, -0.1) is 12.4 Å². The monoisotopic (exact) mass is 394 g/mol. The second kappa shape index (κ2) is 8.04. The molecule has 0 bridgehead atoms. The minimum Gasteiger partial charge on any atom is -0.391 e. The third-order valence-electron chi connectivity index (χ3n) is 5.98. The molecule has 0 spiro atoms. The molecule has 2 aliphatic heterocycles. The minimum atomic E-state index is -0.505. The fourth-order valence-electron chi connectivity index (χ4n) is 4.45. The van der Waals surface area contributed by atoms with Crippen molar-refractivity contribution in [3.63, 3.8) is 0 Å². The molecule has 3 amide bonds. The van der Waals surface area contributed by atoms with Gasteiger partial charge < -0.3 is 21.1 Å². The van der Waals surface area contributed by atoms with Crippen molar-refractivity contribution in [1.29, 1.82) is 0 Å². The van der Waals surface area contributed by atoms with E-state index in [0.29, 0.717) is 30.5 Å². The van der Waals surface area contributed by atoms with E-state index in [-0.39, 0.29) is 30.4 Å². The summed E-state index contributed by atoms with van der Waals surface area (Å²) in [5.74, 6) is 0.836. The maximum absolute atomic E-state index is 12.8. The number of aryl methyl sites for hydroxylation is 1. The molecule has 7 nitrogen and oxygen atoms in total. The first-order valence-corrected chi connectivity index (χ1v) is 9.38. The summed E-state index contributed by atoms with van der Waals surface area (Å²) in [6.45, 7) is 5.06. The Balaban J connectivity index is 0.00000210. The normalized spacial score (nSPS) is 29.7. The number of aliphatic hydroxyl groups is 1. The van der Waals surface area contributed by atoms with Crippen LogP contribution < -0.4 is 20.9 Å². The lowest BCUT2D eigenvalue weighted by Crippen LogP contribution is -2.49. The smallest absolute Gasteiger partial charge is 0.322 e. The number of benzene rings is 1. The van der Waals surface area contributed by atoms with Gasteiger partial charge in [0.15, 0.2) is 0 Å². The van der Waals surface area contributed by atoms with Crippen molar-refractivity contribution in [3.05, 3.63) is 29.3 Å². The number of halogens is 1. The summed E-state index contributed by atoms with van der Waals surface area (Å²) in [5.41, 5.74) is 2.23. The first-order chi connectivity index (χ1) is 12.5. The summed E-state index contributed by atoms with van der Waals surface area (Å²) >= 11 is 0. The summed E-state index contributed by atoms with van der Waals surface area (Å²) < 4.78 is 0. The quantitative estimate of drug-likeness (QED) is 0.616. The second-order valence-corrected chi connectivity index (χ2v) is 7.68. The van der Waals surface area contributed by atoms with Crippen LogP contribution in [0, 0.1) is 18.8 Å². The lowest BCUT2D eigenvalue weighted by atomic mass is 9.77. The van der Waals surface area contributed by atoms with Crippen LogP contribution in [-0.2, 0) is 0 Å². The largest absolute Gasteiger partial charge is 0.391 e. The second-order valence-electron chi connectivity index (χ2n) is 7.68. The van der Waals surface area contributed by atoms with Gasteiger partial charge in [-0.3, -0.25) is 9.69 Å². The van der Waals surface area contributed by atoms with Gasteiger partial charge in [-0.2, -0.15) is 0 Å². The average molecular weight is 395 g/mol. The van der Waals surface area contributed by atoms with Gasteiger partial charge >= 0.3 is 6.03 Å². The maximum atomic E-state index is 12.8. The van der Waals surface area contributed by atoms with E-state index in [9.17, 15) is 14.7 Å². The molecular formula is C19H27ClN4O3. The number of nitrogens with one attached hydrogen (secondary N) is 3. The molecule has 1 aromatic rings. The number of hydrogen-bond donors (Lipinski definition) is 4. The lowest BCUT2D eigenvalue weighted by Gasteiger charge is -2.35. The van der Waals surface area contributed by atoms with Crippen LogP contribution in [0.2, 0.25) is 0 Å². The van der Waals surface area contributed by atoms with Crippen LogP contribution in [0.15, 0.2) is 18.2 Å². The van der Waals surface area contributed by atoms with E-state index >= 15 is 0 Å². The number of fused-ring (bicyclic) bond motifs is 1. The first-order valence-electron chi connectivity index (χ1n) is 9.38. The zero-order valence-corrected chi connectivity index (χ0v) is 16.2. The molecule has 0 unspecified atom stereocenters. The molecule has 1 aliphatic carbocycles. The summed E-state index contributed by atoms with van der Waals surface area (Å²) in [5, 5.41) is 19.6. The van der Waals surface area contributed by atoms with E-state index in [1.807, 2.05) is 13.0 Å². The Bertz CT molecular complexity index is 729. The van der Waals surface area contributed by atoms with Crippen molar-refractivity contribution in [2.24, 2.45) is 11.8 Å². The number of hydrogen-bond acceptors (Lipinski definition) is 4. The van der Waals surface area contributed by atoms with Crippen molar-refractivity contribution in [2.75, 3.05) is 31.1 Å². The number of nitrogens with zero attached hydrogens (tertiary/aromatic N) is 1. The topological polar surface area (TPSA) is 93.7 Å². The molecule has 1 aromatic carbocycles. The minimum absolute atomic E-state index is 0. The molecule has 4 N–H and O–H groups in total. The zero-order valence-electron chi connectivity index (χ0n) is 15.4. The van der Waals surface area contributed by atoms with Crippen LogP contribution in [0.5, 0.6) is 0 Å². The predicted molar refractivity (Wildman–Crippen MR) is 106 cm³/mol. The van der Waals surface area contributed by atoms with E-state index in [0.717, 1.165) is 37.2 Å². The SMILES string of the molecule is Cc1ccc(C(=O)N[C@H]2C[C@H]3CNC[C@H]3C[C@@H]2O)cc1N1CCNC1=O.Cl. The van der Waals surface area contributed by atoms with Crippen LogP contribution in [0.4, 0.5) is 10.5 Å². The number of carbonyl (C=O) groups is 2. The third kappa shape index (κ3) is 3.90. The van der Waals surface area contributed by atoms with Gasteiger partial charge in [0.1, 0.15) is 0 Å². The Hall–Kier alpha value is -1.83. The number of aliphatic hydroxyl groups excluding tert-OH is 1. The van der Waals surface area contributed by atoms with Gasteiger partial charge in [0.25, 0.3) is 5.91 Å². The molecular weight excluding hydrogens is 368 g/mol. The Morgan fingerprint density at radius 1 is 1.26 bits per heavy atom. The molecule has 4 atom stereocenters. The van der Waals surface area contributed by atoms with Crippen molar-refractivity contribution >= 4 is 30.0 Å². The Kier molecular flexibility index (Phi) is 5.93. The molecule has 3 aliphatic rings. The lowest BCUT2D eigenvalue weighted by molar-refractivity contribution is 0.0462. The van der Waals surface area contributed by atoms with E-state index in [2.05, 4.69) is 16.0 Å². The zero-order chi connectivity index (χ0) is 18.3. The highest BCUT2D eigenvalue weighted by Gasteiger charge is 2.39. The van der Waals surface area contributed by atoms with Gasteiger partial charge in [-0.1, -0.05) is 6.07 Å². The fourth-order valence-corrected chi connectivity index (χ4v) is 4.45. The summed E-state index contributed by atoms with van der Waals surface area (Å²) in [7, 11) is 0. The Morgan fingerprint density at radius 2 is 2.00 bits per heavy atom. The molecule has 0 aromatic heterocycles. The molecule has 148 valence electrons. The Labute approximate surface area is 165 Å². The van der Waals surface area contributed by atoms with Crippen LogP contribution >= 0.6 is 12.4 Å². The molecule has 4 rings (SSSR count). The first kappa shape index (κ1) is 19.9. The predicted octanol–water partition coefficient (Wildman–Crippen LogP) is 1.04. The number of anilines is 1. The van der Waals surface area contributed by atoms with Gasteiger partial charge in [0.05, 0.1) is 12.1 Å². The molecule has 27 heavy (non-hydrogen) atoms. The van der Waals surface area contributed by atoms with E-state index in [4.69, 9.17) is 0 Å². The van der Waals surface area contributed by atoms with Gasteiger partial charge in [0.2, 0.25) is 0 Å². The average Bonchev–Trinajstić information content (AvgIpc) is 3.24. The highest BCUT2D eigenvalue weighted by Crippen LogP contribution is 2.33. The van der Waals surface area contributed by atoms with Gasteiger partial charge in [-0.05, 0) is 62.4 Å². The number of amides is 3. The van der Waals surface area contributed by atoms with E-state index in [1.54, 1.807) is 17.0 Å². The van der Waals surface area contributed by atoms with Crippen molar-refractivity contribution < 1.29 is 14.7 Å². The van der Waals surface area contributed by atoms with Crippen molar-refractivity contribution in [1.82, 2.24) is 16.0 Å². The fraction of sp³-hybridized carbons (Fsp3) is 0.579. The molecule has 2 saturated heterocycles. The van der Waals surface area contributed by atoms with Crippen molar-refractivity contribution in [2.45, 2.75) is 31.9 Å². The van der Waals surface area contributed by atoms with E-state index < -0.39 is 6.10 Å². The standard InChI is InChI=1S/C19H26N4O3.ClH/c1-11-2-3-12(7-16(11)23-5-4-21-19(23)26)18(25)22-15-6-13-9-20-10-14(13)8-17(15)24;/h2-3,7,13-15,17,20,24H,4-6,8-10H2,1H3,(H,21,26)(H,22,25);1H/t13-,14+,15-,17-;/m0./s1. The molecule has 1 saturated carbocycles. The summed E-state index contributed by atoms with van der Waals surface area (Å²) in [6.07, 6.45) is 1.03. The summed E-state index contributed by atoms with van der Waals surface area (Å²) in [6, 6.07) is 5.06. The van der Waals surface area contributed by atoms with E-state index in [1.165, 1.54) is 0 Å².